The van der Waals surface area contributed by atoms with Gasteiger partial charge in [0.05, 0.1) is 25.9 Å². The predicted octanol–water partition coefficient (Wildman–Crippen LogP) is -0.473. The van der Waals surface area contributed by atoms with Crippen LogP contribution in [0.3, 0.4) is 0 Å². The van der Waals surface area contributed by atoms with E-state index in [9.17, 15) is 9.59 Å². The van der Waals surface area contributed by atoms with Crippen LogP contribution >= 0.6 is 12.8 Å². The van der Waals surface area contributed by atoms with Crippen molar-refractivity contribution in [2.24, 2.45) is 0 Å². The lowest BCUT2D eigenvalue weighted by atomic mass is 10.1. The molecule has 3 N–H and O–H groups in total. The third-order valence-electron chi connectivity index (χ3n) is 2.70. The third-order valence-corrected chi connectivity index (χ3v) is 3.03. The molecule has 1 atom stereocenters. The Balaban J connectivity index is 3.29. The minimum Gasteiger partial charge on any atom is -0.378 e. The highest BCUT2D eigenvalue weighted by Crippen LogP contribution is 1.98. The first kappa shape index (κ1) is 20.3. The minimum atomic E-state index is -0.227. The van der Waals surface area contributed by atoms with Crippen molar-refractivity contribution in [2.75, 3.05) is 46.6 Å². The fourth-order valence-corrected chi connectivity index (χ4v) is 1.68. The predicted molar refractivity (Wildman–Crippen MR) is 84.4 cm³/mol. The van der Waals surface area contributed by atoms with Gasteiger partial charge in [0.1, 0.15) is 12.9 Å². The van der Waals surface area contributed by atoms with Gasteiger partial charge in [0.15, 0.2) is 0 Å². The molecule has 0 saturated carbocycles. The molecular weight excluding hydrogens is 294 g/mol. The molecule has 7 nitrogen and oxygen atoms in total. The Kier molecular flexibility index (Phi) is 15.2. The van der Waals surface area contributed by atoms with Crippen molar-refractivity contribution in [3.05, 3.63) is 0 Å². The second kappa shape index (κ2) is 15.7. The summed E-state index contributed by atoms with van der Waals surface area (Å²) in [7, 11) is 1.86. The van der Waals surface area contributed by atoms with Gasteiger partial charge in [-0.3, -0.25) is 9.52 Å². The summed E-state index contributed by atoms with van der Waals surface area (Å²) in [5.41, 5.74) is 0. The second-order valence-corrected chi connectivity index (χ2v) is 4.74. The van der Waals surface area contributed by atoms with Gasteiger partial charge in [-0.15, -0.1) is 0 Å². The number of hydrogen-bond acceptors (Lipinski definition) is 7. The number of aldehydes is 1. The van der Waals surface area contributed by atoms with E-state index in [2.05, 4.69) is 28.2 Å². The SMILES string of the molecule is CNCCOCCOCC(=O)NCCCCC(C=O)NS. The third kappa shape index (κ3) is 14.0. The van der Waals surface area contributed by atoms with E-state index >= 15 is 0 Å². The fourth-order valence-electron chi connectivity index (χ4n) is 1.49. The normalized spacial score (nSPS) is 12.1. The van der Waals surface area contributed by atoms with Gasteiger partial charge in [0.25, 0.3) is 0 Å². The van der Waals surface area contributed by atoms with E-state index in [0.29, 0.717) is 32.8 Å². The summed E-state index contributed by atoms with van der Waals surface area (Å²) in [6, 6.07) is -0.227. The highest BCUT2D eigenvalue weighted by molar-refractivity contribution is 7.78. The number of carbonyl (C=O) groups is 2. The Morgan fingerprint density at radius 1 is 1.19 bits per heavy atom. The van der Waals surface area contributed by atoms with E-state index in [-0.39, 0.29) is 18.6 Å². The molecule has 0 spiro atoms. The van der Waals surface area contributed by atoms with Crippen LogP contribution in [0.1, 0.15) is 19.3 Å². The molecule has 0 rings (SSSR count). The number of likely N-dealkylation sites (N-methyl/N-ethyl adjacent to an activating group) is 1. The van der Waals surface area contributed by atoms with Crippen LogP contribution in [0.25, 0.3) is 0 Å². The number of unbranched alkanes of at least 4 members (excludes halogenated alkanes) is 1. The summed E-state index contributed by atoms with van der Waals surface area (Å²) < 4.78 is 13.0. The van der Waals surface area contributed by atoms with Gasteiger partial charge in [0, 0.05) is 13.1 Å². The maximum absolute atomic E-state index is 11.4. The Bertz CT molecular complexity index is 270. The van der Waals surface area contributed by atoms with Gasteiger partial charge in [-0.1, -0.05) is 12.8 Å². The van der Waals surface area contributed by atoms with Gasteiger partial charge in [0.2, 0.25) is 5.91 Å². The van der Waals surface area contributed by atoms with Crippen LogP contribution in [0.15, 0.2) is 0 Å². The maximum atomic E-state index is 11.4. The first-order chi connectivity index (χ1) is 10.2. The monoisotopic (exact) mass is 321 g/mol. The molecule has 0 bridgehead atoms. The standard InChI is InChI=1S/C13H27N3O4S/c1-14-6-7-19-8-9-20-11-13(18)15-5-3-2-4-12(10-17)16-21/h10,12,14,16,21H,2-9,11H2,1H3,(H,15,18). The van der Waals surface area contributed by atoms with Crippen LogP contribution in [-0.4, -0.2) is 64.8 Å². The van der Waals surface area contributed by atoms with Gasteiger partial charge in [-0.05, 0) is 26.3 Å². The number of nitrogens with one attached hydrogen (secondary N) is 3. The number of thiol groups is 1. The second-order valence-electron chi connectivity index (χ2n) is 4.49. The molecule has 0 radical (unpaired) electrons. The van der Waals surface area contributed by atoms with Crippen LogP contribution in [0, 0.1) is 0 Å². The lowest BCUT2D eigenvalue weighted by Crippen LogP contribution is -2.29. The number of carbonyl (C=O) groups excluding carboxylic acids is 2. The molecule has 8 heteroatoms. The molecule has 0 aliphatic carbocycles. The summed E-state index contributed by atoms with van der Waals surface area (Å²) in [6.45, 7) is 2.96. The molecule has 0 saturated heterocycles. The average Bonchev–Trinajstić information content (AvgIpc) is 2.50. The van der Waals surface area contributed by atoms with Crippen LogP contribution < -0.4 is 15.4 Å². The molecule has 1 unspecified atom stereocenters. The number of amides is 1. The van der Waals surface area contributed by atoms with Crippen LogP contribution in [0.4, 0.5) is 0 Å². The van der Waals surface area contributed by atoms with Crippen LogP contribution in [-0.2, 0) is 19.1 Å². The van der Waals surface area contributed by atoms with Crippen LogP contribution in [0.5, 0.6) is 0 Å². The lowest BCUT2D eigenvalue weighted by molar-refractivity contribution is -0.126. The fraction of sp³-hybridized carbons (Fsp3) is 0.846. The molecule has 0 aliphatic heterocycles. The molecule has 1 amide bonds. The first-order valence-electron chi connectivity index (χ1n) is 7.16. The Labute approximate surface area is 132 Å². The van der Waals surface area contributed by atoms with Crippen molar-refractivity contribution in [2.45, 2.75) is 25.3 Å². The van der Waals surface area contributed by atoms with Crippen LogP contribution in [0.2, 0.25) is 0 Å². The first-order valence-corrected chi connectivity index (χ1v) is 7.61. The van der Waals surface area contributed by atoms with Gasteiger partial charge in [-0.25, -0.2) is 0 Å². The quantitative estimate of drug-likeness (QED) is 0.185. The molecule has 0 aliphatic rings. The topological polar surface area (TPSA) is 88.7 Å². The zero-order valence-corrected chi connectivity index (χ0v) is 13.5. The van der Waals surface area contributed by atoms with Gasteiger partial charge in [-0.2, -0.15) is 0 Å². The molecule has 0 heterocycles. The Hall–Kier alpha value is -0.670. The molecule has 21 heavy (non-hydrogen) atoms. The minimum absolute atomic E-state index is 0.0462. The smallest absolute Gasteiger partial charge is 0.245 e. The van der Waals surface area contributed by atoms with Gasteiger partial charge >= 0.3 is 0 Å². The van der Waals surface area contributed by atoms with Crippen molar-refractivity contribution < 1.29 is 19.1 Å². The van der Waals surface area contributed by atoms with E-state index in [1.807, 2.05) is 7.05 Å². The number of hydrogen-bond donors (Lipinski definition) is 4. The Morgan fingerprint density at radius 3 is 2.62 bits per heavy atom. The highest BCUT2D eigenvalue weighted by Gasteiger charge is 2.04. The summed E-state index contributed by atoms with van der Waals surface area (Å²) in [5, 5.41) is 5.73. The van der Waals surface area contributed by atoms with Crippen molar-refractivity contribution in [3.8, 4) is 0 Å². The number of ether oxygens (including phenoxy) is 2. The average molecular weight is 321 g/mol. The van der Waals surface area contributed by atoms with E-state index < -0.39 is 0 Å². The molecule has 0 aromatic heterocycles. The molecule has 0 aromatic carbocycles. The summed E-state index contributed by atoms with van der Waals surface area (Å²) >= 11 is 3.85. The van der Waals surface area contributed by atoms with Gasteiger partial charge < -0.3 is 24.9 Å². The number of rotatable bonds is 15. The molecule has 0 aromatic rings. The molecule has 0 fully saturated rings. The van der Waals surface area contributed by atoms with Crippen molar-refractivity contribution in [1.29, 1.82) is 0 Å². The summed E-state index contributed by atoms with van der Waals surface area (Å²) in [5.74, 6) is -0.135. The highest BCUT2D eigenvalue weighted by atomic mass is 32.1. The van der Waals surface area contributed by atoms with E-state index in [1.54, 1.807) is 0 Å². The summed E-state index contributed by atoms with van der Waals surface area (Å²) in [4.78, 5) is 21.9. The zero-order valence-electron chi connectivity index (χ0n) is 12.6. The summed E-state index contributed by atoms with van der Waals surface area (Å²) in [6.07, 6.45) is 3.21. The zero-order chi connectivity index (χ0) is 15.8. The van der Waals surface area contributed by atoms with Crippen molar-refractivity contribution >= 4 is 25.0 Å². The van der Waals surface area contributed by atoms with E-state index in [4.69, 9.17) is 9.47 Å². The van der Waals surface area contributed by atoms with E-state index in [1.165, 1.54) is 0 Å². The van der Waals surface area contributed by atoms with Crippen molar-refractivity contribution in [1.82, 2.24) is 15.4 Å². The van der Waals surface area contributed by atoms with E-state index in [0.717, 1.165) is 25.7 Å². The molecular formula is C13H27N3O4S. The largest absolute Gasteiger partial charge is 0.378 e. The van der Waals surface area contributed by atoms with Crippen molar-refractivity contribution in [3.63, 3.8) is 0 Å². The molecule has 124 valence electrons. The maximum Gasteiger partial charge on any atom is 0.245 e. The lowest BCUT2D eigenvalue weighted by Gasteiger charge is -2.09. The Morgan fingerprint density at radius 2 is 1.95 bits per heavy atom.